The van der Waals surface area contributed by atoms with Gasteiger partial charge in [-0.15, -0.1) is 0 Å². The molecular formula is C27H37NO4. The first-order chi connectivity index (χ1) is 15.5. The Morgan fingerprint density at radius 3 is 2.41 bits per heavy atom. The Morgan fingerprint density at radius 2 is 1.78 bits per heavy atom. The Kier molecular flexibility index (Phi) is 9.27. The molecule has 1 aliphatic heterocycles. The number of carbonyl (C=O) groups is 1. The van der Waals surface area contributed by atoms with E-state index in [1.165, 1.54) is 18.4 Å². The third-order valence-electron chi connectivity index (χ3n) is 6.19. The summed E-state index contributed by atoms with van der Waals surface area (Å²) in [5.41, 5.74) is 3.29. The molecule has 5 heteroatoms. The smallest absolute Gasteiger partial charge is 0.332 e. The largest absolute Gasteiger partial charge is 0.479 e. The van der Waals surface area contributed by atoms with Crippen molar-refractivity contribution in [2.45, 2.75) is 51.2 Å². The summed E-state index contributed by atoms with van der Waals surface area (Å²) in [5.74, 6) is -0.157. The maximum Gasteiger partial charge on any atom is 0.332 e. The van der Waals surface area contributed by atoms with Crippen LogP contribution >= 0.6 is 0 Å². The second-order valence-electron chi connectivity index (χ2n) is 9.18. The van der Waals surface area contributed by atoms with Crippen LogP contribution < -0.4 is 0 Å². The Morgan fingerprint density at radius 1 is 1.09 bits per heavy atom. The van der Waals surface area contributed by atoms with Crippen LogP contribution in [-0.2, 0) is 14.3 Å². The molecule has 2 aromatic rings. The van der Waals surface area contributed by atoms with Crippen molar-refractivity contribution in [1.29, 1.82) is 0 Å². The lowest BCUT2D eigenvalue weighted by molar-refractivity contribution is -0.154. The summed E-state index contributed by atoms with van der Waals surface area (Å²) >= 11 is 0. The van der Waals surface area contributed by atoms with Crippen LogP contribution in [0.2, 0.25) is 0 Å². The van der Waals surface area contributed by atoms with Crippen molar-refractivity contribution in [2.24, 2.45) is 5.92 Å². The van der Waals surface area contributed by atoms with Gasteiger partial charge in [0.15, 0.2) is 6.10 Å². The minimum atomic E-state index is -0.908. The molecule has 0 spiro atoms. The molecule has 0 bridgehead atoms. The normalized spacial score (nSPS) is 19.1. The maximum atomic E-state index is 11.9. The summed E-state index contributed by atoms with van der Waals surface area (Å²) in [5, 5.41) is 9.73. The number of rotatable bonds is 11. The molecular weight excluding hydrogens is 402 g/mol. The highest BCUT2D eigenvalue weighted by atomic mass is 16.5. The molecule has 1 aliphatic rings. The molecule has 0 radical (unpaired) electrons. The van der Waals surface area contributed by atoms with Crippen LogP contribution in [0, 0.1) is 5.92 Å². The molecule has 1 heterocycles. The van der Waals surface area contributed by atoms with Gasteiger partial charge in [0, 0.05) is 20.2 Å². The van der Waals surface area contributed by atoms with E-state index in [1.807, 2.05) is 44.2 Å². The number of carboxylic acid groups (broad SMARTS) is 1. The van der Waals surface area contributed by atoms with Crippen molar-refractivity contribution in [2.75, 3.05) is 33.4 Å². The van der Waals surface area contributed by atoms with E-state index in [4.69, 9.17) is 9.47 Å². The summed E-state index contributed by atoms with van der Waals surface area (Å²) in [7, 11) is 1.75. The average molecular weight is 440 g/mol. The molecule has 0 aromatic heterocycles. The topological polar surface area (TPSA) is 59.0 Å². The Balaban J connectivity index is 1.79. The molecule has 0 saturated carbocycles. The fourth-order valence-electron chi connectivity index (χ4n) is 4.48. The van der Waals surface area contributed by atoms with E-state index in [0.29, 0.717) is 12.3 Å². The third kappa shape index (κ3) is 6.89. The second-order valence-corrected chi connectivity index (χ2v) is 9.18. The van der Waals surface area contributed by atoms with Gasteiger partial charge in [0.1, 0.15) is 6.10 Å². The van der Waals surface area contributed by atoms with Gasteiger partial charge in [0.2, 0.25) is 0 Å². The van der Waals surface area contributed by atoms with Gasteiger partial charge in [-0.05, 0) is 54.3 Å². The minimum absolute atomic E-state index is 0.238. The lowest BCUT2D eigenvalue weighted by Gasteiger charge is -2.33. The lowest BCUT2D eigenvalue weighted by Crippen LogP contribution is -2.36. The summed E-state index contributed by atoms with van der Waals surface area (Å²) in [6.07, 6.45) is 1.62. The Hall–Kier alpha value is -2.21. The first kappa shape index (κ1) is 24.4. The van der Waals surface area contributed by atoms with Crippen molar-refractivity contribution in [1.82, 2.24) is 4.90 Å². The number of benzene rings is 2. The van der Waals surface area contributed by atoms with Gasteiger partial charge in [0.05, 0.1) is 6.61 Å². The number of piperidine rings is 1. The molecule has 0 amide bonds. The monoisotopic (exact) mass is 439 g/mol. The van der Waals surface area contributed by atoms with Gasteiger partial charge in [-0.25, -0.2) is 4.79 Å². The van der Waals surface area contributed by atoms with Crippen LogP contribution in [0.4, 0.5) is 0 Å². The second kappa shape index (κ2) is 12.1. The van der Waals surface area contributed by atoms with E-state index in [1.54, 1.807) is 7.11 Å². The number of carboxylic acids is 1. The fourth-order valence-corrected chi connectivity index (χ4v) is 4.48. The molecule has 3 atom stereocenters. The zero-order chi connectivity index (χ0) is 22.9. The van der Waals surface area contributed by atoms with Gasteiger partial charge in [-0.2, -0.15) is 0 Å². The van der Waals surface area contributed by atoms with Crippen LogP contribution in [0.15, 0.2) is 54.6 Å². The van der Waals surface area contributed by atoms with E-state index in [9.17, 15) is 9.90 Å². The van der Waals surface area contributed by atoms with Gasteiger partial charge >= 0.3 is 5.97 Å². The van der Waals surface area contributed by atoms with Gasteiger partial charge < -0.3 is 19.5 Å². The van der Waals surface area contributed by atoms with Crippen molar-refractivity contribution in [3.05, 3.63) is 71.3 Å². The summed E-state index contributed by atoms with van der Waals surface area (Å²) < 4.78 is 11.5. The summed E-state index contributed by atoms with van der Waals surface area (Å²) in [6, 6.07) is 18.5. The number of aliphatic carboxylic acids is 1. The number of hydrogen-bond acceptors (Lipinski definition) is 4. The highest BCUT2D eigenvalue weighted by Gasteiger charge is 2.27. The van der Waals surface area contributed by atoms with Gasteiger partial charge in [0.25, 0.3) is 0 Å². The maximum absolute atomic E-state index is 11.9. The van der Waals surface area contributed by atoms with Crippen molar-refractivity contribution < 1.29 is 19.4 Å². The van der Waals surface area contributed by atoms with Crippen LogP contribution in [0.5, 0.6) is 0 Å². The zero-order valence-corrected chi connectivity index (χ0v) is 19.6. The Bertz CT molecular complexity index is 821. The molecule has 3 rings (SSSR count). The first-order valence-electron chi connectivity index (χ1n) is 11.7. The molecule has 5 nitrogen and oxygen atoms in total. The predicted molar refractivity (Wildman–Crippen MR) is 127 cm³/mol. The molecule has 0 aliphatic carbocycles. The van der Waals surface area contributed by atoms with Crippen molar-refractivity contribution >= 4 is 5.97 Å². The predicted octanol–water partition coefficient (Wildman–Crippen LogP) is 5.12. The molecule has 1 unspecified atom stereocenters. The zero-order valence-electron chi connectivity index (χ0n) is 19.6. The van der Waals surface area contributed by atoms with Crippen LogP contribution in [0.3, 0.4) is 0 Å². The fraction of sp³-hybridized carbons (Fsp3) is 0.519. The van der Waals surface area contributed by atoms with E-state index >= 15 is 0 Å². The third-order valence-corrected chi connectivity index (χ3v) is 6.19. The lowest BCUT2D eigenvalue weighted by atomic mass is 9.89. The standard InChI is InChI=1S/C27H37NO4/c1-20(2)18-25(27(29)30)32-26(22-8-5-4-6-9-22)23-13-11-21(12-14-23)24-10-7-15-28(19-24)16-17-31-3/h4-6,8-9,11-14,20,24-26H,7,10,15-19H2,1-3H3,(H,29,30)/t24-,25-,26?/m0/s1. The van der Waals surface area contributed by atoms with Crippen molar-refractivity contribution in [3.8, 4) is 0 Å². The van der Waals surface area contributed by atoms with Gasteiger partial charge in [-0.3, -0.25) is 0 Å². The average Bonchev–Trinajstić information content (AvgIpc) is 2.81. The van der Waals surface area contributed by atoms with Gasteiger partial charge in [-0.1, -0.05) is 68.4 Å². The summed E-state index contributed by atoms with van der Waals surface area (Å²) in [6.45, 7) is 7.97. The van der Waals surface area contributed by atoms with Crippen LogP contribution in [-0.4, -0.2) is 55.4 Å². The van der Waals surface area contributed by atoms with E-state index < -0.39 is 18.2 Å². The molecule has 2 aromatic carbocycles. The highest BCUT2D eigenvalue weighted by Crippen LogP contribution is 2.32. The number of methoxy groups -OCH3 is 1. The quantitative estimate of drug-likeness (QED) is 0.527. The van der Waals surface area contributed by atoms with Crippen molar-refractivity contribution in [3.63, 3.8) is 0 Å². The number of nitrogens with zero attached hydrogens (tertiary/aromatic N) is 1. The van der Waals surface area contributed by atoms with Crippen LogP contribution in [0.25, 0.3) is 0 Å². The summed E-state index contributed by atoms with van der Waals surface area (Å²) in [4.78, 5) is 14.3. The number of likely N-dealkylation sites (tertiary alicyclic amines) is 1. The highest BCUT2D eigenvalue weighted by molar-refractivity contribution is 5.72. The molecule has 32 heavy (non-hydrogen) atoms. The van der Waals surface area contributed by atoms with E-state index in [0.717, 1.165) is 37.4 Å². The van der Waals surface area contributed by atoms with E-state index in [2.05, 4.69) is 29.2 Å². The number of ether oxygens (including phenoxy) is 2. The van der Waals surface area contributed by atoms with E-state index in [-0.39, 0.29) is 5.92 Å². The first-order valence-corrected chi connectivity index (χ1v) is 11.7. The van der Waals surface area contributed by atoms with Crippen LogP contribution in [0.1, 0.15) is 61.8 Å². The Labute approximate surface area is 192 Å². The molecule has 1 saturated heterocycles. The number of hydrogen-bond donors (Lipinski definition) is 1. The SMILES string of the molecule is COCCN1CCC[C@H](c2ccc(C(O[C@@H](CC(C)C)C(=O)O)c3ccccc3)cc2)C1. The molecule has 1 fully saturated rings. The molecule has 174 valence electrons. The minimum Gasteiger partial charge on any atom is -0.479 e. The molecule has 1 N–H and O–H groups in total.